The quantitative estimate of drug-likeness (QED) is 0.337. The van der Waals surface area contributed by atoms with Crippen LogP contribution in [0.2, 0.25) is 0 Å². The number of carbonyl (C=O) groups is 2. The number of ether oxygens (including phenoxy) is 2. The van der Waals surface area contributed by atoms with Crippen molar-refractivity contribution in [2.45, 2.75) is 11.5 Å². The lowest BCUT2D eigenvalue weighted by molar-refractivity contribution is -0.384. The summed E-state index contributed by atoms with van der Waals surface area (Å²) < 4.78 is 36.3. The van der Waals surface area contributed by atoms with Gasteiger partial charge in [0, 0.05) is 13.1 Å². The number of rotatable bonds is 9. The molecule has 0 radical (unpaired) electrons. The summed E-state index contributed by atoms with van der Waals surface area (Å²) in [4.78, 5) is 33.4. The largest absolute Gasteiger partial charge is 0.465 e. The van der Waals surface area contributed by atoms with E-state index in [1.54, 1.807) is 12.1 Å². The van der Waals surface area contributed by atoms with E-state index in [0.717, 1.165) is 6.07 Å². The van der Waals surface area contributed by atoms with Crippen molar-refractivity contribution in [3.8, 4) is 0 Å². The molecule has 0 bridgehead atoms. The van der Waals surface area contributed by atoms with Crippen molar-refractivity contribution in [2.24, 2.45) is 0 Å². The van der Waals surface area contributed by atoms with Gasteiger partial charge in [-0.1, -0.05) is 12.1 Å². The highest BCUT2D eigenvalue weighted by Crippen LogP contribution is 2.26. The summed E-state index contributed by atoms with van der Waals surface area (Å²) in [6, 6.07) is 9.52. The van der Waals surface area contributed by atoms with E-state index in [2.05, 4.69) is 10.1 Å². The fourth-order valence-electron chi connectivity index (χ4n) is 2.40. The Morgan fingerprint density at radius 2 is 1.90 bits per heavy atom. The Balaban J connectivity index is 1.99. The molecule has 0 saturated carbocycles. The number of nitro groups is 1. The van der Waals surface area contributed by atoms with E-state index < -0.39 is 39.1 Å². The number of nitrogens with one attached hydrogen (secondary N) is 2. The van der Waals surface area contributed by atoms with Crippen LogP contribution in [-0.2, 0) is 30.9 Å². The zero-order valence-electron chi connectivity index (χ0n) is 16.1. The van der Waals surface area contributed by atoms with Crippen molar-refractivity contribution in [1.29, 1.82) is 0 Å². The third-order valence-electron chi connectivity index (χ3n) is 3.90. The van der Waals surface area contributed by atoms with Crippen molar-refractivity contribution in [1.82, 2.24) is 4.72 Å². The minimum atomic E-state index is -4.18. The molecule has 0 saturated heterocycles. The molecule has 2 aromatic carbocycles. The van der Waals surface area contributed by atoms with Crippen LogP contribution in [0, 0.1) is 10.1 Å². The first-order valence-electron chi connectivity index (χ1n) is 8.46. The maximum atomic E-state index is 12.3. The van der Waals surface area contributed by atoms with Crippen molar-refractivity contribution in [3.05, 3.63) is 63.7 Å². The molecule has 11 nitrogen and oxygen atoms in total. The van der Waals surface area contributed by atoms with Gasteiger partial charge in [0.1, 0.15) is 18.8 Å². The lowest BCUT2D eigenvalue weighted by Crippen LogP contribution is -2.30. The minimum Gasteiger partial charge on any atom is -0.465 e. The molecule has 30 heavy (non-hydrogen) atoms. The summed E-state index contributed by atoms with van der Waals surface area (Å²) >= 11 is 0. The molecule has 160 valence electrons. The van der Waals surface area contributed by atoms with Crippen LogP contribution in [0.5, 0.6) is 0 Å². The first-order chi connectivity index (χ1) is 14.2. The molecule has 2 rings (SSSR count). The van der Waals surface area contributed by atoms with E-state index in [-0.39, 0.29) is 22.8 Å². The molecule has 0 unspecified atom stereocenters. The number of nitro benzene ring substituents is 1. The van der Waals surface area contributed by atoms with Crippen LogP contribution in [0.15, 0.2) is 47.4 Å². The lowest BCUT2D eigenvalue weighted by atomic mass is 10.1. The van der Waals surface area contributed by atoms with Gasteiger partial charge in [-0.15, -0.1) is 0 Å². The molecular weight excluding hydrogens is 418 g/mol. The smallest absolute Gasteiger partial charge is 0.337 e. The molecule has 0 aliphatic heterocycles. The number of anilines is 1. The zero-order valence-corrected chi connectivity index (χ0v) is 16.9. The van der Waals surface area contributed by atoms with Crippen LogP contribution in [-0.4, -0.2) is 46.0 Å². The number of nitrogens with zero attached hydrogens (tertiary/aromatic N) is 1. The normalized spacial score (nSPS) is 10.9. The molecular formula is C18H19N3O8S. The summed E-state index contributed by atoms with van der Waals surface area (Å²) in [5.74, 6) is -1.42. The van der Waals surface area contributed by atoms with Gasteiger partial charge in [-0.3, -0.25) is 14.9 Å². The van der Waals surface area contributed by atoms with Crippen molar-refractivity contribution < 1.29 is 32.4 Å². The van der Waals surface area contributed by atoms with Gasteiger partial charge in [0.15, 0.2) is 0 Å². The van der Waals surface area contributed by atoms with E-state index in [9.17, 15) is 28.1 Å². The Bertz CT molecular complexity index is 1070. The van der Waals surface area contributed by atoms with Crippen molar-refractivity contribution in [2.75, 3.05) is 26.0 Å². The Labute approximate surface area is 172 Å². The second kappa shape index (κ2) is 9.80. The highest BCUT2D eigenvalue weighted by Gasteiger charge is 2.22. The Kier molecular flexibility index (Phi) is 7.44. The summed E-state index contributed by atoms with van der Waals surface area (Å²) in [6.07, 6.45) is 0. The van der Waals surface area contributed by atoms with Crippen LogP contribution >= 0.6 is 0 Å². The molecule has 0 amide bonds. The number of sulfonamides is 1. The number of benzene rings is 2. The maximum Gasteiger partial charge on any atom is 0.337 e. The zero-order chi connectivity index (χ0) is 22.3. The summed E-state index contributed by atoms with van der Waals surface area (Å²) in [7, 11) is -1.48. The average molecular weight is 437 g/mol. The summed E-state index contributed by atoms with van der Waals surface area (Å²) in [5, 5.41) is 13.7. The highest BCUT2D eigenvalue weighted by atomic mass is 32.2. The molecule has 2 aromatic rings. The first kappa shape index (κ1) is 22.8. The molecule has 0 heterocycles. The van der Waals surface area contributed by atoms with Gasteiger partial charge in [0.25, 0.3) is 5.69 Å². The lowest BCUT2D eigenvalue weighted by Gasteiger charge is -2.09. The molecule has 0 aliphatic rings. The van der Waals surface area contributed by atoms with Crippen LogP contribution in [0.1, 0.15) is 15.9 Å². The van der Waals surface area contributed by atoms with Crippen LogP contribution in [0.3, 0.4) is 0 Å². The van der Waals surface area contributed by atoms with Gasteiger partial charge in [-0.25, -0.2) is 13.2 Å². The number of carbonyl (C=O) groups excluding carboxylic acids is 2. The van der Waals surface area contributed by atoms with Crippen LogP contribution in [0.4, 0.5) is 11.4 Å². The third kappa shape index (κ3) is 5.75. The fourth-order valence-corrected chi connectivity index (χ4v) is 3.39. The standard InChI is InChI=1S/C18H19N3O8S/c1-19-15-7-6-14(9-16(15)21(24)25)30(26,27)20-10-17(22)29-11-12-4-3-5-13(8-12)18(23)28-2/h3-9,19-20H,10-11H2,1-2H3. The number of esters is 2. The minimum absolute atomic E-state index is 0.146. The fraction of sp³-hybridized carbons (Fsp3) is 0.222. The Morgan fingerprint density at radius 1 is 1.17 bits per heavy atom. The highest BCUT2D eigenvalue weighted by molar-refractivity contribution is 7.89. The van der Waals surface area contributed by atoms with E-state index in [4.69, 9.17) is 4.74 Å². The van der Waals surface area contributed by atoms with Gasteiger partial charge in [-0.05, 0) is 29.8 Å². The molecule has 0 aliphatic carbocycles. The van der Waals surface area contributed by atoms with Gasteiger partial charge in [0.05, 0.1) is 22.5 Å². The van der Waals surface area contributed by atoms with Gasteiger partial charge in [-0.2, -0.15) is 4.72 Å². The van der Waals surface area contributed by atoms with Crippen molar-refractivity contribution in [3.63, 3.8) is 0 Å². The predicted molar refractivity (Wildman–Crippen MR) is 105 cm³/mol. The predicted octanol–water partition coefficient (Wildman–Crippen LogP) is 1.44. The molecule has 0 aromatic heterocycles. The van der Waals surface area contributed by atoms with Gasteiger partial charge in [0.2, 0.25) is 10.0 Å². The number of hydrogen-bond donors (Lipinski definition) is 2. The number of methoxy groups -OCH3 is 1. The first-order valence-corrected chi connectivity index (χ1v) is 9.95. The van der Waals surface area contributed by atoms with Crippen LogP contribution < -0.4 is 10.0 Å². The second-order valence-electron chi connectivity index (χ2n) is 5.86. The maximum absolute atomic E-state index is 12.3. The van der Waals surface area contributed by atoms with E-state index in [1.165, 1.54) is 38.4 Å². The van der Waals surface area contributed by atoms with Gasteiger partial charge >= 0.3 is 11.9 Å². The second-order valence-corrected chi connectivity index (χ2v) is 7.63. The van der Waals surface area contributed by atoms with Gasteiger partial charge < -0.3 is 14.8 Å². The Hall–Kier alpha value is -3.51. The van der Waals surface area contributed by atoms with Crippen LogP contribution in [0.25, 0.3) is 0 Å². The Morgan fingerprint density at radius 3 is 2.53 bits per heavy atom. The summed E-state index contributed by atoms with van der Waals surface area (Å²) in [6.45, 7) is -0.867. The van der Waals surface area contributed by atoms with E-state index in [0.29, 0.717) is 5.56 Å². The number of hydrogen-bond acceptors (Lipinski definition) is 9. The molecule has 0 atom stereocenters. The SMILES string of the molecule is CNc1ccc(S(=O)(=O)NCC(=O)OCc2cccc(C(=O)OC)c2)cc1[N+](=O)[O-]. The average Bonchev–Trinajstić information content (AvgIpc) is 2.75. The van der Waals surface area contributed by atoms with E-state index >= 15 is 0 Å². The van der Waals surface area contributed by atoms with Crippen molar-refractivity contribution >= 4 is 33.3 Å². The molecule has 2 N–H and O–H groups in total. The molecule has 0 spiro atoms. The monoisotopic (exact) mass is 437 g/mol. The topological polar surface area (TPSA) is 154 Å². The third-order valence-corrected chi connectivity index (χ3v) is 5.30. The molecule has 12 heteroatoms. The van der Waals surface area contributed by atoms with E-state index in [1.807, 2.05) is 4.72 Å². The summed E-state index contributed by atoms with van der Waals surface area (Å²) in [5.41, 5.74) is 0.506. The molecule has 0 fully saturated rings.